The minimum atomic E-state index is -1.21. The fraction of sp³-hybridized carbons (Fsp3) is 0.700. The largest absolute Gasteiger partial charge is 0.481 e. The molecule has 0 fully saturated rings. The zero-order chi connectivity index (χ0) is 12.7. The minimum absolute atomic E-state index is 0.104. The first-order valence-electron chi connectivity index (χ1n) is 5.13. The number of rotatable bonds is 7. The van der Waals surface area contributed by atoms with Crippen LogP contribution in [-0.4, -0.2) is 34.1 Å². The molecule has 1 unspecified atom stereocenters. The van der Waals surface area contributed by atoms with Crippen molar-refractivity contribution in [2.45, 2.75) is 39.2 Å². The van der Waals surface area contributed by atoms with Gasteiger partial charge in [-0.2, -0.15) is 0 Å². The van der Waals surface area contributed by atoms with Gasteiger partial charge < -0.3 is 15.5 Å². The minimum Gasteiger partial charge on any atom is -0.481 e. The fourth-order valence-electron chi connectivity index (χ4n) is 1.02. The smallest absolute Gasteiger partial charge is 0.326 e. The molecule has 0 spiro atoms. The van der Waals surface area contributed by atoms with E-state index in [2.05, 4.69) is 5.32 Å². The van der Waals surface area contributed by atoms with Crippen molar-refractivity contribution in [3.8, 4) is 0 Å². The van der Waals surface area contributed by atoms with Crippen LogP contribution in [0.4, 0.5) is 0 Å². The van der Waals surface area contributed by atoms with E-state index in [1.165, 1.54) is 0 Å². The van der Waals surface area contributed by atoms with Crippen LogP contribution in [0.2, 0.25) is 0 Å². The highest BCUT2D eigenvalue weighted by Gasteiger charge is 2.22. The Morgan fingerprint density at radius 1 is 1.25 bits per heavy atom. The Bertz CT molecular complexity index is 276. The molecular weight excluding hydrogens is 214 g/mol. The standard InChI is InChI=1S/C10H17NO5/c1-3-6(2)9(14)11-7(10(15)16)4-5-8(12)13/h6-7H,3-5H2,1-2H3,(H,11,14)(H,12,13)(H,15,16)/t6?,7-/m0/s1. The van der Waals surface area contributed by atoms with Gasteiger partial charge in [-0.3, -0.25) is 9.59 Å². The molecule has 0 aromatic heterocycles. The van der Waals surface area contributed by atoms with Crippen molar-refractivity contribution < 1.29 is 24.6 Å². The van der Waals surface area contributed by atoms with Gasteiger partial charge in [0.2, 0.25) is 5.91 Å². The third-order valence-electron chi connectivity index (χ3n) is 2.32. The zero-order valence-corrected chi connectivity index (χ0v) is 9.40. The fourth-order valence-corrected chi connectivity index (χ4v) is 1.02. The van der Waals surface area contributed by atoms with Crippen molar-refractivity contribution in [1.29, 1.82) is 0 Å². The molecule has 0 aromatic rings. The molecule has 0 aromatic carbocycles. The van der Waals surface area contributed by atoms with Crippen LogP contribution in [0, 0.1) is 5.92 Å². The maximum atomic E-state index is 11.4. The quantitative estimate of drug-likeness (QED) is 0.590. The van der Waals surface area contributed by atoms with Crippen LogP contribution in [0.15, 0.2) is 0 Å². The van der Waals surface area contributed by atoms with Gasteiger partial charge in [0.05, 0.1) is 0 Å². The van der Waals surface area contributed by atoms with Crippen LogP contribution in [0.1, 0.15) is 33.1 Å². The lowest BCUT2D eigenvalue weighted by molar-refractivity contribution is -0.143. The Morgan fingerprint density at radius 3 is 2.19 bits per heavy atom. The molecule has 0 aliphatic rings. The average molecular weight is 231 g/mol. The lowest BCUT2D eigenvalue weighted by Gasteiger charge is -2.16. The molecule has 0 aliphatic heterocycles. The Hall–Kier alpha value is -1.59. The van der Waals surface area contributed by atoms with E-state index >= 15 is 0 Å². The van der Waals surface area contributed by atoms with Gasteiger partial charge in [-0.1, -0.05) is 13.8 Å². The predicted molar refractivity (Wildman–Crippen MR) is 55.9 cm³/mol. The van der Waals surface area contributed by atoms with Crippen LogP contribution < -0.4 is 5.32 Å². The highest BCUT2D eigenvalue weighted by Crippen LogP contribution is 2.04. The van der Waals surface area contributed by atoms with Crippen molar-refractivity contribution in [3.63, 3.8) is 0 Å². The first-order valence-corrected chi connectivity index (χ1v) is 5.13. The second-order valence-corrected chi connectivity index (χ2v) is 3.64. The normalized spacial score (nSPS) is 13.9. The number of hydrogen-bond donors (Lipinski definition) is 3. The third-order valence-corrected chi connectivity index (χ3v) is 2.32. The average Bonchev–Trinajstić information content (AvgIpc) is 2.21. The summed E-state index contributed by atoms with van der Waals surface area (Å²) in [5.41, 5.74) is 0. The molecule has 16 heavy (non-hydrogen) atoms. The van der Waals surface area contributed by atoms with E-state index in [9.17, 15) is 14.4 Å². The SMILES string of the molecule is CCC(C)C(=O)N[C@@H](CCC(=O)O)C(=O)O. The van der Waals surface area contributed by atoms with Gasteiger partial charge >= 0.3 is 11.9 Å². The Morgan fingerprint density at radius 2 is 1.81 bits per heavy atom. The molecule has 6 heteroatoms. The number of carbonyl (C=O) groups excluding carboxylic acids is 1. The van der Waals surface area contributed by atoms with Crippen LogP contribution in [0.3, 0.4) is 0 Å². The lowest BCUT2D eigenvalue weighted by atomic mass is 10.1. The summed E-state index contributed by atoms with van der Waals surface area (Å²) in [6.45, 7) is 3.50. The Kier molecular flexibility index (Phi) is 6.14. The van der Waals surface area contributed by atoms with Gasteiger partial charge in [0, 0.05) is 12.3 Å². The van der Waals surface area contributed by atoms with Crippen molar-refractivity contribution in [2.75, 3.05) is 0 Å². The number of amides is 1. The molecular formula is C10H17NO5. The number of hydrogen-bond acceptors (Lipinski definition) is 3. The van der Waals surface area contributed by atoms with Gasteiger partial charge in [0.1, 0.15) is 6.04 Å². The van der Waals surface area contributed by atoms with Crippen LogP contribution in [-0.2, 0) is 14.4 Å². The maximum absolute atomic E-state index is 11.4. The first kappa shape index (κ1) is 14.4. The maximum Gasteiger partial charge on any atom is 0.326 e. The Labute approximate surface area is 93.6 Å². The highest BCUT2D eigenvalue weighted by atomic mass is 16.4. The Balaban J connectivity index is 4.28. The number of carboxylic acids is 2. The summed E-state index contributed by atoms with van der Waals surface area (Å²) < 4.78 is 0. The van der Waals surface area contributed by atoms with E-state index in [4.69, 9.17) is 10.2 Å². The third kappa shape index (κ3) is 5.33. The van der Waals surface area contributed by atoms with E-state index < -0.39 is 18.0 Å². The molecule has 6 nitrogen and oxygen atoms in total. The molecule has 0 rings (SSSR count). The molecule has 3 N–H and O–H groups in total. The summed E-state index contributed by atoms with van der Waals surface area (Å²) in [7, 11) is 0. The van der Waals surface area contributed by atoms with Gasteiger partial charge in [0.15, 0.2) is 0 Å². The van der Waals surface area contributed by atoms with Crippen molar-refractivity contribution in [1.82, 2.24) is 5.32 Å². The summed E-state index contributed by atoms with van der Waals surface area (Å²) in [6, 6.07) is -1.13. The van der Waals surface area contributed by atoms with Gasteiger partial charge in [-0.05, 0) is 12.8 Å². The van der Waals surface area contributed by atoms with Gasteiger partial charge in [-0.15, -0.1) is 0 Å². The first-order chi connectivity index (χ1) is 7.38. The molecule has 0 saturated carbocycles. The number of nitrogens with one attached hydrogen (secondary N) is 1. The number of carboxylic acid groups (broad SMARTS) is 2. The number of aliphatic carboxylic acids is 2. The van der Waals surface area contributed by atoms with E-state index in [0.717, 1.165) is 0 Å². The molecule has 2 atom stereocenters. The second kappa shape index (κ2) is 6.81. The summed E-state index contributed by atoms with van der Waals surface area (Å²) >= 11 is 0. The summed E-state index contributed by atoms with van der Waals surface area (Å²) in [5, 5.41) is 19.5. The molecule has 1 amide bonds. The lowest BCUT2D eigenvalue weighted by Crippen LogP contribution is -2.43. The van der Waals surface area contributed by atoms with E-state index in [1.54, 1.807) is 6.92 Å². The summed E-state index contributed by atoms with van der Waals surface area (Å²) in [6.07, 6.45) is 0.224. The van der Waals surface area contributed by atoms with Crippen LogP contribution in [0.25, 0.3) is 0 Å². The number of carbonyl (C=O) groups is 3. The predicted octanol–water partition coefficient (Wildman–Crippen LogP) is 0.467. The molecule has 0 radical (unpaired) electrons. The summed E-state index contributed by atoms with van der Waals surface area (Å²) in [4.78, 5) is 32.5. The van der Waals surface area contributed by atoms with E-state index in [-0.39, 0.29) is 24.7 Å². The summed E-state index contributed by atoms with van der Waals surface area (Å²) in [5.74, 6) is -2.92. The molecule has 92 valence electrons. The molecule has 0 aliphatic carbocycles. The zero-order valence-electron chi connectivity index (χ0n) is 9.40. The monoisotopic (exact) mass is 231 g/mol. The van der Waals surface area contributed by atoms with Gasteiger partial charge in [-0.25, -0.2) is 4.79 Å². The molecule has 0 bridgehead atoms. The van der Waals surface area contributed by atoms with Crippen molar-refractivity contribution in [3.05, 3.63) is 0 Å². The van der Waals surface area contributed by atoms with E-state index in [0.29, 0.717) is 6.42 Å². The molecule has 0 heterocycles. The van der Waals surface area contributed by atoms with Crippen molar-refractivity contribution in [2.24, 2.45) is 5.92 Å². The topological polar surface area (TPSA) is 104 Å². The van der Waals surface area contributed by atoms with Crippen LogP contribution in [0.5, 0.6) is 0 Å². The highest BCUT2D eigenvalue weighted by molar-refractivity contribution is 5.85. The second-order valence-electron chi connectivity index (χ2n) is 3.64. The van der Waals surface area contributed by atoms with E-state index in [1.807, 2.05) is 6.92 Å². The van der Waals surface area contributed by atoms with Crippen molar-refractivity contribution >= 4 is 17.8 Å². The molecule has 0 saturated heterocycles. The van der Waals surface area contributed by atoms with Gasteiger partial charge in [0.25, 0.3) is 0 Å². The van der Waals surface area contributed by atoms with Crippen LogP contribution >= 0.6 is 0 Å².